The van der Waals surface area contributed by atoms with Crippen LogP contribution in [0.1, 0.15) is 56.1 Å². The van der Waals surface area contributed by atoms with E-state index in [9.17, 15) is 19.8 Å². The van der Waals surface area contributed by atoms with Gasteiger partial charge in [-0.3, -0.25) is 14.5 Å². The molecule has 0 aliphatic carbocycles. The number of carboxylic acids is 1. The highest BCUT2D eigenvalue weighted by Crippen LogP contribution is 2.47. The molecule has 0 saturated carbocycles. The zero-order valence-corrected chi connectivity index (χ0v) is 24.9. The van der Waals surface area contributed by atoms with Crippen LogP contribution in [0.4, 0.5) is 0 Å². The number of unbranched alkanes of at least 4 members (excludes halogenated alkanes) is 1. The first kappa shape index (κ1) is 31.4. The van der Waals surface area contributed by atoms with Crippen LogP contribution in [-0.2, 0) is 16.0 Å². The number of aliphatic carboxylic acids is 1. The molecule has 2 aromatic rings. The predicted octanol–water partition coefficient (Wildman–Crippen LogP) is 3.94. The second kappa shape index (κ2) is 15.1. The zero-order valence-electron chi connectivity index (χ0n) is 24.9. The highest BCUT2D eigenvalue weighted by molar-refractivity contribution is 5.79. The number of likely N-dealkylation sites (tertiary alicyclic amines) is 1. The van der Waals surface area contributed by atoms with Gasteiger partial charge in [-0.05, 0) is 61.4 Å². The molecular formula is C32H44N2O8. The van der Waals surface area contributed by atoms with Gasteiger partial charge in [0.25, 0.3) is 0 Å². The summed E-state index contributed by atoms with van der Waals surface area (Å²) < 4.78 is 22.3. The summed E-state index contributed by atoms with van der Waals surface area (Å²) in [5.74, 6) is 0.315. The van der Waals surface area contributed by atoms with Gasteiger partial charge in [0.15, 0.2) is 11.5 Å². The summed E-state index contributed by atoms with van der Waals surface area (Å²) in [5.41, 5.74) is 1.86. The predicted molar refractivity (Wildman–Crippen MR) is 157 cm³/mol. The maximum Gasteiger partial charge on any atom is 0.308 e. The maximum atomic E-state index is 13.6. The third kappa shape index (κ3) is 7.28. The smallest absolute Gasteiger partial charge is 0.308 e. The van der Waals surface area contributed by atoms with Gasteiger partial charge in [0.2, 0.25) is 18.4 Å². The Morgan fingerprint density at radius 1 is 1.05 bits per heavy atom. The molecule has 230 valence electrons. The van der Waals surface area contributed by atoms with Crippen molar-refractivity contribution in [2.45, 2.75) is 57.4 Å². The van der Waals surface area contributed by atoms with E-state index in [1.165, 1.54) is 0 Å². The van der Waals surface area contributed by atoms with Gasteiger partial charge in [-0.1, -0.05) is 31.5 Å². The van der Waals surface area contributed by atoms with E-state index in [1.54, 1.807) is 19.1 Å². The van der Waals surface area contributed by atoms with Crippen molar-refractivity contribution in [2.75, 3.05) is 53.8 Å². The Hall–Kier alpha value is -3.50. The first-order valence-electron chi connectivity index (χ1n) is 14.9. The van der Waals surface area contributed by atoms with Crippen LogP contribution in [-0.4, -0.2) is 91.7 Å². The molecule has 2 aromatic carbocycles. The molecule has 10 heteroatoms. The molecule has 1 unspecified atom stereocenters. The van der Waals surface area contributed by atoms with Crippen molar-refractivity contribution in [3.8, 4) is 23.0 Å². The molecule has 1 saturated heterocycles. The molecule has 0 aromatic heterocycles. The largest absolute Gasteiger partial charge is 0.496 e. The average molecular weight is 585 g/mol. The fourth-order valence-corrected chi connectivity index (χ4v) is 6.21. The number of fused-ring (bicyclic) bond motifs is 1. The number of carboxylic acid groups (broad SMARTS) is 1. The van der Waals surface area contributed by atoms with Crippen LogP contribution in [0.25, 0.3) is 0 Å². The third-order valence-electron chi connectivity index (χ3n) is 8.34. The molecule has 2 N–H and O–H groups in total. The summed E-state index contributed by atoms with van der Waals surface area (Å²) in [6.45, 7) is 3.80. The lowest BCUT2D eigenvalue weighted by Gasteiger charge is -2.30. The van der Waals surface area contributed by atoms with E-state index in [0.29, 0.717) is 49.7 Å². The number of aryl methyl sites for hydroxylation is 1. The van der Waals surface area contributed by atoms with Gasteiger partial charge in [0, 0.05) is 38.2 Å². The second-order valence-corrected chi connectivity index (χ2v) is 10.9. The van der Waals surface area contributed by atoms with Crippen LogP contribution in [0, 0.1) is 5.92 Å². The normalized spacial score (nSPS) is 19.6. The van der Waals surface area contributed by atoms with Gasteiger partial charge < -0.3 is 34.1 Å². The number of methoxy groups -OCH3 is 2. The molecule has 2 aliphatic rings. The van der Waals surface area contributed by atoms with E-state index in [0.717, 1.165) is 42.6 Å². The molecule has 4 rings (SSSR count). The minimum Gasteiger partial charge on any atom is -0.496 e. The number of amides is 1. The van der Waals surface area contributed by atoms with Gasteiger partial charge in [0.1, 0.15) is 5.75 Å². The number of aliphatic hydroxyl groups excluding tert-OH is 1. The monoisotopic (exact) mass is 584 g/mol. The highest BCUT2D eigenvalue weighted by Gasteiger charge is 2.47. The first-order chi connectivity index (χ1) is 20.4. The summed E-state index contributed by atoms with van der Waals surface area (Å²) >= 11 is 0. The Kier molecular flexibility index (Phi) is 11.3. The van der Waals surface area contributed by atoms with Crippen LogP contribution < -0.4 is 18.9 Å². The number of benzene rings is 2. The van der Waals surface area contributed by atoms with E-state index in [4.69, 9.17) is 18.9 Å². The number of carbonyl (C=O) groups excluding carboxylic acids is 1. The molecule has 10 nitrogen and oxygen atoms in total. The number of hydrogen-bond donors (Lipinski definition) is 2. The molecule has 2 heterocycles. The molecule has 42 heavy (non-hydrogen) atoms. The van der Waals surface area contributed by atoms with E-state index in [1.807, 2.05) is 41.3 Å². The number of nitrogens with zero attached hydrogens (tertiary/aromatic N) is 2. The Morgan fingerprint density at radius 3 is 2.52 bits per heavy atom. The van der Waals surface area contributed by atoms with Crippen molar-refractivity contribution < 1.29 is 38.7 Å². The van der Waals surface area contributed by atoms with E-state index in [-0.39, 0.29) is 37.8 Å². The van der Waals surface area contributed by atoms with Crippen LogP contribution in [0.2, 0.25) is 0 Å². The molecule has 1 fully saturated rings. The standard InChI is InChI=1S/C32H44N2O8/c1-4-5-14-33(15-9-16-35)29(36)20-34-19-24(23-17-27(40-3)31-28(18-23)41-21-42-31)30(32(37)38)25(34)12-8-11-22-10-6-7-13-26(22)39-2/h6-7,10,13,17-18,24-25,30,35H,4-5,8-9,11-12,14-16,19-21H2,1-3H3,(H,37,38)/t24-,25+,30?/m1/s1. The van der Waals surface area contributed by atoms with Crippen molar-refractivity contribution in [1.82, 2.24) is 9.80 Å². The lowest BCUT2D eigenvalue weighted by Crippen LogP contribution is -2.44. The second-order valence-electron chi connectivity index (χ2n) is 10.9. The Labute approximate surface area is 248 Å². The summed E-state index contributed by atoms with van der Waals surface area (Å²) in [6, 6.07) is 11.2. The number of rotatable bonds is 16. The van der Waals surface area contributed by atoms with Gasteiger partial charge in [0.05, 0.1) is 26.7 Å². The summed E-state index contributed by atoms with van der Waals surface area (Å²) in [4.78, 5) is 30.3. The lowest BCUT2D eigenvalue weighted by atomic mass is 9.83. The molecule has 1 amide bonds. The fourth-order valence-electron chi connectivity index (χ4n) is 6.21. The average Bonchev–Trinajstić information content (AvgIpc) is 3.62. The van der Waals surface area contributed by atoms with E-state index in [2.05, 4.69) is 6.92 Å². The molecular weight excluding hydrogens is 540 g/mol. The minimum atomic E-state index is -0.892. The summed E-state index contributed by atoms with van der Waals surface area (Å²) in [6.07, 6.45) is 4.41. The van der Waals surface area contributed by atoms with Gasteiger partial charge in [-0.15, -0.1) is 0 Å². The number of carbonyl (C=O) groups is 2. The third-order valence-corrected chi connectivity index (χ3v) is 8.34. The van der Waals surface area contributed by atoms with Crippen LogP contribution in [0.15, 0.2) is 36.4 Å². The SMILES string of the molecule is CCCCN(CCCO)C(=O)CN1C[C@H](c2cc(OC)c3c(c2)OCO3)C(C(=O)O)[C@@H]1CCCc1ccccc1OC. The number of aliphatic hydroxyl groups is 1. The minimum absolute atomic E-state index is 0.0142. The van der Waals surface area contributed by atoms with Gasteiger partial charge in [-0.25, -0.2) is 0 Å². The van der Waals surface area contributed by atoms with Gasteiger partial charge in [-0.2, -0.15) is 0 Å². The molecule has 0 radical (unpaired) electrons. The highest BCUT2D eigenvalue weighted by atomic mass is 16.7. The molecule has 0 spiro atoms. The Morgan fingerprint density at radius 2 is 1.81 bits per heavy atom. The van der Waals surface area contributed by atoms with E-state index >= 15 is 0 Å². The van der Waals surface area contributed by atoms with Crippen LogP contribution in [0.3, 0.4) is 0 Å². The first-order valence-corrected chi connectivity index (χ1v) is 14.9. The summed E-state index contributed by atoms with van der Waals surface area (Å²) in [7, 11) is 3.20. The fraction of sp³-hybridized carbons (Fsp3) is 0.562. The van der Waals surface area contributed by atoms with Crippen molar-refractivity contribution in [3.63, 3.8) is 0 Å². The zero-order chi connectivity index (χ0) is 30.1. The maximum absolute atomic E-state index is 13.6. The number of hydrogen-bond acceptors (Lipinski definition) is 8. The summed E-state index contributed by atoms with van der Waals surface area (Å²) in [5, 5.41) is 20.0. The van der Waals surface area contributed by atoms with Crippen molar-refractivity contribution >= 4 is 11.9 Å². The molecule has 0 bridgehead atoms. The van der Waals surface area contributed by atoms with Crippen molar-refractivity contribution in [3.05, 3.63) is 47.5 Å². The topological polar surface area (TPSA) is 118 Å². The molecule has 3 atom stereocenters. The van der Waals surface area contributed by atoms with Gasteiger partial charge >= 0.3 is 5.97 Å². The molecule has 2 aliphatic heterocycles. The Balaban J connectivity index is 1.61. The van der Waals surface area contributed by atoms with Crippen LogP contribution >= 0.6 is 0 Å². The quantitative estimate of drug-likeness (QED) is 0.303. The Bertz CT molecular complexity index is 1200. The van der Waals surface area contributed by atoms with Crippen LogP contribution in [0.5, 0.6) is 23.0 Å². The van der Waals surface area contributed by atoms with Crippen molar-refractivity contribution in [1.29, 1.82) is 0 Å². The number of para-hydroxylation sites is 1. The van der Waals surface area contributed by atoms with E-state index < -0.39 is 11.9 Å². The number of ether oxygens (including phenoxy) is 4. The lowest BCUT2D eigenvalue weighted by molar-refractivity contribution is -0.144. The van der Waals surface area contributed by atoms with Crippen molar-refractivity contribution in [2.24, 2.45) is 5.92 Å².